The normalized spacial score (nSPS) is 12.4. The minimum atomic E-state index is 0.0291. The average Bonchev–Trinajstić information content (AvgIpc) is 2.42. The van der Waals surface area contributed by atoms with E-state index in [9.17, 15) is 4.79 Å². The molecule has 5 heteroatoms. The largest absolute Gasteiger partial charge is 0.399 e. The van der Waals surface area contributed by atoms with Crippen molar-refractivity contribution in [2.24, 2.45) is 0 Å². The van der Waals surface area contributed by atoms with Gasteiger partial charge in [0, 0.05) is 36.1 Å². The molecule has 0 aromatic heterocycles. The van der Waals surface area contributed by atoms with E-state index in [1.165, 1.54) is 0 Å². The molecule has 4 nitrogen and oxygen atoms in total. The highest BCUT2D eigenvalue weighted by molar-refractivity contribution is 7.98. The smallest absolute Gasteiger partial charge is 0.225 e. The molecule has 1 aromatic rings. The molecule has 1 atom stereocenters. The summed E-state index contributed by atoms with van der Waals surface area (Å²) in [5.41, 5.74) is 7.10. The molecule has 1 aromatic carbocycles. The molecule has 0 heterocycles. The summed E-state index contributed by atoms with van der Waals surface area (Å²) in [5, 5.41) is 2.88. The zero-order valence-electron chi connectivity index (χ0n) is 12.6. The lowest BCUT2D eigenvalue weighted by Gasteiger charge is -2.26. The van der Waals surface area contributed by atoms with E-state index < -0.39 is 0 Å². The Morgan fingerprint density at radius 1 is 1.50 bits per heavy atom. The van der Waals surface area contributed by atoms with Gasteiger partial charge < -0.3 is 16.0 Å². The average molecular weight is 295 g/mol. The molecule has 0 radical (unpaired) electrons. The Bertz CT molecular complexity index is 425. The molecule has 0 aliphatic rings. The first-order valence-electron chi connectivity index (χ1n) is 6.91. The fraction of sp³-hybridized carbons (Fsp3) is 0.533. The summed E-state index contributed by atoms with van der Waals surface area (Å²) in [4.78, 5) is 14.2. The second kappa shape index (κ2) is 8.87. The minimum absolute atomic E-state index is 0.0291. The molecule has 1 rings (SSSR count). The SMILES string of the molecule is CCC(CSC)N(C)CCC(=O)Nc1cccc(N)c1. The van der Waals surface area contributed by atoms with Crippen LogP contribution >= 0.6 is 11.8 Å². The van der Waals surface area contributed by atoms with Gasteiger partial charge in [-0.1, -0.05) is 13.0 Å². The van der Waals surface area contributed by atoms with Crippen molar-refractivity contribution in [1.82, 2.24) is 4.90 Å². The standard InChI is InChI=1S/C15H25N3OS/c1-4-14(11-20-3)18(2)9-8-15(19)17-13-7-5-6-12(16)10-13/h5-7,10,14H,4,8-9,11,16H2,1-3H3,(H,17,19). The molecule has 0 saturated carbocycles. The van der Waals surface area contributed by atoms with Gasteiger partial charge in [0.25, 0.3) is 0 Å². The van der Waals surface area contributed by atoms with Gasteiger partial charge in [0.15, 0.2) is 0 Å². The summed E-state index contributed by atoms with van der Waals surface area (Å²) in [5.74, 6) is 1.13. The lowest BCUT2D eigenvalue weighted by molar-refractivity contribution is -0.116. The van der Waals surface area contributed by atoms with Crippen LogP contribution in [0.2, 0.25) is 0 Å². The van der Waals surface area contributed by atoms with Crippen molar-refractivity contribution in [3.63, 3.8) is 0 Å². The van der Waals surface area contributed by atoms with E-state index in [0.29, 0.717) is 18.2 Å². The number of hydrogen-bond donors (Lipinski definition) is 2. The van der Waals surface area contributed by atoms with Crippen LogP contribution in [-0.4, -0.2) is 42.4 Å². The number of carbonyl (C=O) groups is 1. The van der Waals surface area contributed by atoms with Gasteiger partial charge in [-0.3, -0.25) is 4.79 Å². The summed E-state index contributed by atoms with van der Waals surface area (Å²) < 4.78 is 0. The number of nitrogens with zero attached hydrogens (tertiary/aromatic N) is 1. The third-order valence-electron chi connectivity index (χ3n) is 3.32. The lowest BCUT2D eigenvalue weighted by Crippen LogP contribution is -2.35. The van der Waals surface area contributed by atoms with Crippen LogP contribution in [0.3, 0.4) is 0 Å². The van der Waals surface area contributed by atoms with Crippen LogP contribution in [0.15, 0.2) is 24.3 Å². The lowest BCUT2D eigenvalue weighted by atomic mass is 10.2. The van der Waals surface area contributed by atoms with E-state index >= 15 is 0 Å². The minimum Gasteiger partial charge on any atom is -0.399 e. The number of carbonyl (C=O) groups excluding carboxylic acids is 1. The van der Waals surface area contributed by atoms with Crippen LogP contribution in [0.4, 0.5) is 11.4 Å². The summed E-state index contributed by atoms with van der Waals surface area (Å²) in [7, 11) is 2.08. The van der Waals surface area contributed by atoms with E-state index in [-0.39, 0.29) is 5.91 Å². The van der Waals surface area contributed by atoms with Crippen molar-refractivity contribution in [2.75, 3.05) is 36.7 Å². The van der Waals surface area contributed by atoms with Crippen LogP contribution in [0.25, 0.3) is 0 Å². The molecule has 0 saturated heterocycles. The molecule has 0 bridgehead atoms. The van der Waals surface area contributed by atoms with Crippen LogP contribution in [-0.2, 0) is 4.79 Å². The van der Waals surface area contributed by atoms with Crippen molar-refractivity contribution in [3.8, 4) is 0 Å². The van der Waals surface area contributed by atoms with Gasteiger partial charge in [0.1, 0.15) is 0 Å². The Hall–Kier alpha value is -1.20. The zero-order valence-corrected chi connectivity index (χ0v) is 13.4. The zero-order chi connectivity index (χ0) is 15.0. The van der Waals surface area contributed by atoms with Crippen LogP contribution in [0.1, 0.15) is 19.8 Å². The Labute approximate surface area is 126 Å². The predicted octanol–water partition coefficient (Wildman–Crippen LogP) is 2.67. The molecule has 1 unspecified atom stereocenters. The van der Waals surface area contributed by atoms with E-state index in [0.717, 1.165) is 24.4 Å². The summed E-state index contributed by atoms with van der Waals surface area (Å²) in [6, 6.07) is 7.79. The van der Waals surface area contributed by atoms with Gasteiger partial charge in [-0.2, -0.15) is 11.8 Å². The fourth-order valence-corrected chi connectivity index (χ4v) is 2.92. The Morgan fingerprint density at radius 3 is 2.85 bits per heavy atom. The topological polar surface area (TPSA) is 58.4 Å². The summed E-state index contributed by atoms with van der Waals surface area (Å²) in [6.45, 7) is 2.96. The fourth-order valence-electron chi connectivity index (χ4n) is 2.05. The number of benzene rings is 1. The predicted molar refractivity (Wildman–Crippen MR) is 89.2 cm³/mol. The van der Waals surface area contributed by atoms with Crippen molar-refractivity contribution in [1.29, 1.82) is 0 Å². The maximum absolute atomic E-state index is 11.9. The number of amides is 1. The highest BCUT2D eigenvalue weighted by atomic mass is 32.2. The number of nitrogens with one attached hydrogen (secondary N) is 1. The maximum atomic E-state index is 11.9. The molecular formula is C15H25N3OS. The van der Waals surface area contributed by atoms with Gasteiger partial charge in [-0.25, -0.2) is 0 Å². The van der Waals surface area contributed by atoms with Crippen LogP contribution in [0, 0.1) is 0 Å². The Balaban J connectivity index is 2.39. The number of thioether (sulfide) groups is 1. The first kappa shape index (κ1) is 16.9. The third kappa shape index (κ3) is 5.84. The Morgan fingerprint density at radius 2 is 2.25 bits per heavy atom. The van der Waals surface area contributed by atoms with E-state index in [1.807, 2.05) is 23.9 Å². The van der Waals surface area contributed by atoms with E-state index in [1.54, 1.807) is 12.1 Å². The molecule has 0 spiro atoms. The van der Waals surface area contributed by atoms with Crippen molar-refractivity contribution < 1.29 is 4.79 Å². The Kier molecular flexibility index (Phi) is 7.47. The van der Waals surface area contributed by atoms with Gasteiger partial charge in [0.05, 0.1) is 0 Å². The van der Waals surface area contributed by atoms with Gasteiger partial charge in [-0.05, 0) is 37.9 Å². The number of anilines is 2. The van der Waals surface area contributed by atoms with E-state index in [4.69, 9.17) is 5.73 Å². The second-order valence-electron chi connectivity index (χ2n) is 4.92. The van der Waals surface area contributed by atoms with Crippen molar-refractivity contribution in [2.45, 2.75) is 25.8 Å². The van der Waals surface area contributed by atoms with Gasteiger partial charge >= 0.3 is 0 Å². The van der Waals surface area contributed by atoms with Crippen molar-refractivity contribution in [3.05, 3.63) is 24.3 Å². The molecule has 0 aliphatic carbocycles. The number of rotatable bonds is 8. The molecule has 112 valence electrons. The van der Waals surface area contributed by atoms with Crippen LogP contribution in [0.5, 0.6) is 0 Å². The summed E-state index contributed by atoms with van der Waals surface area (Å²) >= 11 is 1.85. The molecule has 0 aliphatic heterocycles. The maximum Gasteiger partial charge on any atom is 0.225 e. The number of hydrogen-bond acceptors (Lipinski definition) is 4. The molecule has 3 N–H and O–H groups in total. The third-order valence-corrected chi connectivity index (χ3v) is 4.03. The highest BCUT2D eigenvalue weighted by Crippen LogP contribution is 2.13. The molecular weight excluding hydrogens is 270 g/mol. The quantitative estimate of drug-likeness (QED) is 0.724. The van der Waals surface area contributed by atoms with Crippen LogP contribution < -0.4 is 11.1 Å². The highest BCUT2D eigenvalue weighted by Gasteiger charge is 2.13. The number of nitrogens with two attached hydrogens (primary N) is 1. The monoisotopic (exact) mass is 295 g/mol. The van der Waals surface area contributed by atoms with Gasteiger partial charge in [-0.15, -0.1) is 0 Å². The first-order valence-corrected chi connectivity index (χ1v) is 8.30. The summed E-state index contributed by atoms with van der Waals surface area (Å²) in [6.07, 6.45) is 3.72. The van der Waals surface area contributed by atoms with Gasteiger partial charge in [0.2, 0.25) is 5.91 Å². The first-order chi connectivity index (χ1) is 9.56. The van der Waals surface area contributed by atoms with Crippen molar-refractivity contribution >= 4 is 29.0 Å². The second-order valence-corrected chi connectivity index (χ2v) is 5.83. The van der Waals surface area contributed by atoms with E-state index in [2.05, 4.69) is 30.4 Å². The molecule has 1 amide bonds. The molecule has 0 fully saturated rings. The molecule has 20 heavy (non-hydrogen) atoms. The number of nitrogen functional groups attached to an aromatic ring is 1.